The number of amides is 1. The van der Waals surface area contributed by atoms with Crippen molar-refractivity contribution in [3.05, 3.63) is 36.7 Å². The van der Waals surface area contributed by atoms with Gasteiger partial charge in [-0.1, -0.05) is 23.4 Å². The van der Waals surface area contributed by atoms with Gasteiger partial charge in [-0.2, -0.15) is 0 Å². The van der Waals surface area contributed by atoms with Crippen LogP contribution in [0, 0.1) is 5.92 Å². The lowest BCUT2D eigenvalue weighted by Gasteiger charge is -2.38. The molecule has 1 aliphatic rings. The second-order valence-corrected chi connectivity index (χ2v) is 5.54. The molecule has 3 heterocycles. The van der Waals surface area contributed by atoms with Gasteiger partial charge in [-0.25, -0.2) is 14.6 Å². The molecular formula is C15H15N7O. The summed E-state index contributed by atoms with van der Waals surface area (Å²) in [6.45, 7) is 1.22. The number of hydrogen-bond acceptors (Lipinski definition) is 6. The minimum atomic E-state index is -0.0584. The molecular weight excluding hydrogens is 294 g/mol. The van der Waals surface area contributed by atoms with Crippen LogP contribution in [0.2, 0.25) is 0 Å². The van der Waals surface area contributed by atoms with Gasteiger partial charge in [0.25, 0.3) is 0 Å². The Hall–Kier alpha value is -3.03. The van der Waals surface area contributed by atoms with Crippen molar-refractivity contribution in [2.45, 2.75) is 0 Å². The van der Waals surface area contributed by atoms with E-state index in [2.05, 4.69) is 25.6 Å². The van der Waals surface area contributed by atoms with Crippen molar-refractivity contribution >= 4 is 28.6 Å². The van der Waals surface area contributed by atoms with Gasteiger partial charge in [-0.3, -0.25) is 4.79 Å². The largest absolute Gasteiger partial charge is 0.353 e. The first-order valence-corrected chi connectivity index (χ1v) is 7.33. The van der Waals surface area contributed by atoms with E-state index in [1.807, 2.05) is 35.2 Å². The number of carbonyl (C=O) groups excluding carboxylic acids is 1. The van der Waals surface area contributed by atoms with Crippen molar-refractivity contribution in [2.75, 3.05) is 23.3 Å². The Morgan fingerprint density at radius 1 is 1.22 bits per heavy atom. The van der Waals surface area contributed by atoms with Crippen molar-refractivity contribution in [1.82, 2.24) is 25.0 Å². The van der Waals surface area contributed by atoms with Crippen molar-refractivity contribution in [2.24, 2.45) is 13.0 Å². The third-order valence-electron chi connectivity index (χ3n) is 3.96. The number of fused-ring (bicyclic) bond motifs is 1. The maximum Gasteiger partial charge on any atom is 0.231 e. The average Bonchev–Trinajstić information content (AvgIpc) is 2.89. The standard InChI is InChI=1S/C15H15N7O/c1-21-13-12(19-20-21)14(17-9-16-13)22-7-10(8-22)15(23)18-11-5-3-2-4-6-11/h2-6,9-10H,7-8H2,1H3,(H,18,23). The molecule has 0 unspecified atom stereocenters. The molecule has 116 valence electrons. The van der Waals surface area contributed by atoms with Crippen LogP contribution in [0.3, 0.4) is 0 Å². The molecule has 1 aliphatic heterocycles. The molecule has 0 saturated carbocycles. The third-order valence-corrected chi connectivity index (χ3v) is 3.96. The normalized spacial score (nSPS) is 14.7. The molecule has 1 N–H and O–H groups in total. The molecule has 0 aliphatic carbocycles. The predicted octanol–water partition coefficient (Wildman–Crippen LogP) is 0.833. The molecule has 2 aromatic heterocycles. The number of nitrogens with one attached hydrogen (secondary N) is 1. The van der Waals surface area contributed by atoms with E-state index in [4.69, 9.17) is 0 Å². The van der Waals surface area contributed by atoms with E-state index in [1.165, 1.54) is 6.33 Å². The highest BCUT2D eigenvalue weighted by atomic mass is 16.2. The minimum absolute atomic E-state index is 0.0249. The molecule has 1 fully saturated rings. The fraction of sp³-hybridized carbons (Fsp3) is 0.267. The van der Waals surface area contributed by atoms with Gasteiger partial charge in [0.15, 0.2) is 17.0 Å². The number of rotatable bonds is 3. The molecule has 23 heavy (non-hydrogen) atoms. The summed E-state index contributed by atoms with van der Waals surface area (Å²) in [6.07, 6.45) is 1.50. The van der Waals surface area contributed by atoms with Crippen LogP contribution >= 0.6 is 0 Å². The Bertz CT molecular complexity index is 855. The molecule has 0 bridgehead atoms. The zero-order chi connectivity index (χ0) is 15.8. The van der Waals surface area contributed by atoms with Gasteiger partial charge in [0, 0.05) is 25.8 Å². The zero-order valence-corrected chi connectivity index (χ0v) is 12.5. The Kier molecular flexibility index (Phi) is 3.14. The van der Waals surface area contributed by atoms with Gasteiger partial charge < -0.3 is 10.2 Å². The van der Waals surface area contributed by atoms with Crippen molar-refractivity contribution in [3.8, 4) is 0 Å². The van der Waals surface area contributed by atoms with Gasteiger partial charge in [0.05, 0.1) is 5.92 Å². The second-order valence-electron chi connectivity index (χ2n) is 5.54. The van der Waals surface area contributed by atoms with Crippen molar-refractivity contribution in [1.29, 1.82) is 0 Å². The van der Waals surface area contributed by atoms with Crippen LogP contribution in [0.15, 0.2) is 36.7 Å². The van der Waals surface area contributed by atoms with Crippen LogP contribution in [-0.2, 0) is 11.8 Å². The predicted molar refractivity (Wildman–Crippen MR) is 84.9 cm³/mol. The molecule has 8 heteroatoms. The monoisotopic (exact) mass is 309 g/mol. The lowest BCUT2D eigenvalue weighted by atomic mass is 9.99. The maximum atomic E-state index is 12.2. The SMILES string of the molecule is Cn1nnc2c(N3CC(C(=O)Nc4ccccc4)C3)ncnc21. The number of hydrogen-bond donors (Lipinski definition) is 1. The summed E-state index contributed by atoms with van der Waals surface area (Å²) in [6, 6.07) is 9.47. The van der Waals surface area contributed by atoms with Gasteiger partial charge in [0.1, 0.15) is 6.33 Å². The summed E-state index contributed by atoms with van der Waals surface area (Å²) in [7, 11) is 1.79. The van der Waals surface area contributed by atoms with Crippen LogP contribution in [0.4, 0.5) is 11.5 Å². The maximum absolute atomic E-state index is 12.2. The highest BCUT2D eigenvalue weighted by molar-refractivity contribution is 5.95. The first-order chi connectivity index (χ1) is 11.2. The molecule has 0 atom stereocenters. The van der Waals surface area contributed by atoms with Gasteiger partial charge >= 0.3 is 0 Å². The topological polar surface area (TPSA) is 88.8 Å². The molecule has 1 saturated heterocycles. The zero-order valence-electron chi connectivity index (χ0n) is 12.5. The van der Waals surface area contributed by atoms with E-state index >= 15 is 0 Å². The Balaban J connectivity index is 1.45. The Morgan fingerprint density at radius 3 is 2.78 bits per heavy atom. The summed E-state index contributed by atoms with van der Waals surface area (Å²) >= 11 is 0. The Labute approximate surface area is 132 Å². The van der Waals surface area contributed by atoms with Gasteiger partial charge in [-0.05, 0) is 12.1 Å². The molecule has 3 aromatic rings. The number of anilines is 2. The van der Waals surface area contributed by atoms with Crippen molar-refractivity contribution < 1.29 is 4.79 Å². The lowest BCUT2D eigenvalue weighted by molar-refractivity contribution is -0.120. The summed E-state index contributed by atoms with van der Waals surface area (Å²) in [5.41, 5.74) is 2.17. The summed E-state index contributed by atoms with van der Waals surface area (Å²) < 4.78 is 1.61. The van der Waals surface area contributed by atoms with Gasteiger partial charge in [-0.15, -0.1) is 5.10 Å². The molecule has 0 radical (unpaired) electrons. The molecule has 4 rings (SSSR count). The quantitative estimate of drug-likeness (QED) is 0.771. The van der Waals surface area contributed by atoms with Crippen LogP contribution in [-0.4, -0.2) is 44.0 Å². The van der Waals surface area contributed by atoms with E-state index in [1.54, 1.807) is 11.7 Å². The Morgan fingerprint density at radius 2 is 2.00 bits per heavy atom. The number of nitrogens with zero attached hydrogens (tertiary/aromatic N) is 6. The van der Waals surface area contributed by atoms with E-state index in [0.717, 1.165) is 11.5 Å². The van der Waals surface area contributed by atoms with Crippen LogP contribution in [0.1, 0.15) is 0 Å². The summed E-state index contributed by atoms with van der Waals surface area (Å²) in [5, 5.41) is 11.0. The van der Waals surface area contributed by atoms with E-state index in [-0.39, 0.29) is 11.8 Å². The van der Waals surface area contributed by atoms with E-state index < -0.39 is 0 Å². The highest BCUT2D eigenvalue weighted by Gasteiger charge is 2.35. The molecule has 1 aromatic carbocycles. The number of para-hydroxylation sites is 1. The summed E-state index contributed by atoms with van der Waals surface area (Å²) in [4.78, 5) is 22.7. The minimum Gasteiger partial charge on any atom is -0.353 e. The van der Waals surface area contributed by atoms with E-state index in [0.29, 0.717) is 24.3 Å². The number of aromatic nitrogens is 5. The smallest absolute Gasteiger partial charge is 0.231 e. The van der Waals surface area contributed by atoms with Crippen LogP contribution in [0.25, 0.3) is 11.2 Å². The second kappa shape index (κ2) is 5.31. The average molecular weight is 309 g/mol. The molecule has 1 amide bonds. The first kappa shape index (κ1) is 13.6. The summed E-state index contributed by atoms with van der Waals surface area (Å²) in [5.74, 6) is 0.695. The highest BCUT2D eigenvalue weighted by Crippen LogP contribution is 2.27. The fourth-order valence-electron chi connectivity index (χ4n) is 2.66. The lowest BCUT2D eigenvalue weighted by Crippen LogP contribution is -2.52. The first-order valence-electron chi connectivity index (χ1n) is 7.33. The molecule has 8 nitrogen and oxygen atoms in total. The number of carbonyl (C=O) groups is 1. The van der Waals surface area contributed by atoms with Crippen molar-refractivity contribution in [3.63, 3.8) is 0 Å². The van der Waals surface area contributed by atoms with Gasteiger partial charge in [0.2, 0.25) is 5.91 Å². The van der Waals surface area contributed by atoms with Crippen LogP contribution in [0.5, 0.6) is 0 Å². The fourth-order valence-corrected chi connectivity index (χ4v) is 2.66. The number of aryl methyl sites for hydroxylation is 1. The number of benzene rings is 1. The molecule has 0 spiro atoms. The van der Waals surface area contributed by atoms with E-state index in [9.17, 15) is 4.79 Å². The van der Waals surface area contributed by atoms with Crippen LogP contribution < -0.4 is 10.2 Å². The third kappa shape index (κ3) is 2.37.